The zero-order chi connectivity index (χ0) is 20.6. The fourth-order valence-electron chi connectivity index (χ4n) is 4.47. The summed E-state index contributed by atoms with van der Waals surface area (Å²) in [4.78, 5) is 15.1. The lowest BCUT2D eigenvalue weighted by atomic mass is 9.67. The molecule has 0 spiro atoms. The number of benzene rings is 1. The maximum absolute atomic E-state index is 13.5. The molecule has 1 aromatic carbocycles. The highest BCUT2D eigenvalue weighted by molar-refractivity contribution is 5.85. The summed E-state index contributed by atoms with van der Waals surface area (Å²) in [6.07, 6.45) is -2.89. The molecule has 1 aliphatic heterocycles. The van der Waals surface area contributed by atoms with E-state index >= 15 is 0 Å². The quantitative estimate of drug-likeness (QED) is 0.816. The second-order valence-corrected chi connectivity index (χ2v) is 8.29. The highest BCUT2D eigenvalue weighted by Crippen LogP contribution is 2.53. The molecule has 2 N–H and O–H groups in total. The Morgan fingerprint density at radius 1 is 1.25 bits per heavy atom. The lowest BCUT2D eigenvalue weighted by Crippen LogP contribution is -2.55. The average Bonchev–Trinajstić information content (AvgIpc) is 2.88. The number of rotatable bonds is 4. The lowest BCUT2D eigenvalue weighted by molar-refractivity contribution is -0.274. The highest BCUT2D eigenvalue weighted by Gasteiger charge is 2.56. The highest BCUT2D eigenvalue weighted by atomic mass is 19.4. The molecule has 0 radical (unpaired) electrons. The first-order valence-corrected chi connectivity index (χ1v) is 9.61. The first-order valence-electron chi connectivity index (χ1n) is 9.61. The zero-order valence-corrected chi connectivity index (χ0v) is 16.2. The Bertz CT molecular complexity index is 717. The molecule has 0 aromatic heterocycles. The molecule has 1 aromatic rings. The van der Waals surface area contributed by atoms with Crippen LogP contribution in [-0.2, 0) is 4.79 Å². The molecule has 3 rings (SSSR count). The van der Waals surface area contributed by atoms with Crippen molar-refractivity contribution in [2.45, 2.75) is 51.0 Å². The molecule has 28 heavy (non-hydrogen) atoms. The van der Waals surface area contributed by atoms with Gasteiger partial charge in [-0.05, 0) is 42.4 Å². The summed E-state index contributed by atoms with van der Waals surface area (Å²) in [5.41, 5.74) is -1.53. The molecule has 1 amide bonds. The van der Waals surface area contributed by atoms with Gasteiger partial charge in [-0.25, -0.2) is 0 Å². The number of piperazine rings is 1. The number of hydrogen-bond donors (Lipinski definition) is 2. The Morgan fingerprint density at radius 3 is 2.50 bits per heavy atom. The van der Waals surface area contributed by atoms with Crippen LogP contribution in [0.25, 0.3) is 0 Å². The minimum atomic E-state index is -4.82. The van der Waals surface area contributed by atoms with Gasteiger partial charge in [0.25, 0.3) is 0 Å². The van der Waals surface area contributed by atoms with Crippen LogP contribution in [0, 0.1) is 5.41 Å². The number of ether oxygens (including phenoxy) is 1. The van der Waals surface area contributed by atoms with Crippen molar-refractivity contribution in [1.29, 1.82) is 0 Å². The van der Waals surface area contributed by atoms with E-state index < -0.39 is 23.3 Å². The number of carbonyl (C=O) groups excluding carboxylic acids is 1. The van der Waals surface area contributed by atoms with Crippen LogP contribution in [0.5, 0.6) is 5.75 Å². The molecule has 2 fully saturated rings. The molecular formula is C20H27F3N2O3. The van der Waals surface area contributed by atoms with Crippen LogP contribution in [0.3, 0.4) is 0 Å². The molecule has 2 atom stereocenters. The Labute approximate surface area is 162 Å². The summed E-state index contributed by atoms with van der Waals surface area (Å²) < 4.78 is 42.1. The molecule has 8 heteroatoms. The normalized spacial score (nSPS) is 26.1. The van der Waals surface area contributed by atoms with E-state index in [1.165, 1.54) is 18.2 Å². The van der Waals surface area contributed by atoms with Crippen molar-refractivity contribution in [2.24, 2.45) is 5.41 Å². The van der Waals surface area contributed by atoms with E-state index in [1.54, 1.807) is 11.0 Å². The summed E-state index contributed by atoms with van der Waals surface area (Å²) >= 11 is 0. The van der Waals surface area contributed by atoms with Gasteiger partial charge in [0.05, 0.1) is 11.5 Å². The van der Waals surface area contributed by atoms with E-state index in [0.717, 1.165) is 12.8 Å². The molecule has 156 valence electrons. The molecule has 2 unspecified atom stereocenters. The van der Waals surface area contributed by atoms with Crippen LogP contribution < -0.4 is 10.1 Å². The van der Waals surface area contributed by atoms with Crippen molar-refractivity contribution < 1.29 is 27.8 Å². The Kier molecular flexibility index (Phi) is 5.64. The molecule has 1 heterocycles. The predicted molar refractivity (Wildman–Crippen MR) is 97.9 cm³/mol. The van der Waals surface area contributed by atoms with E-state index in [1.807, 2.05) is 13.8 Å². The maximum atomic E-state index is 13.5. The number of nitrogens with one attached hydrogen (secondary N) is 1. The summed E-state index contributed by atoms with van der Waals surface area (Å²) in [6, 6.07) is 5.46. The summed E-state index contributed by atoms with van der Waals surface area (Å²) in [7, 11) is 0. The SMILES string of the molecule is CC1(C)CCCC1(O)C(C(=O)N1CCNCC1)c1cccc(OC(F)(F)F)c1. The van der Waals surface area contributed by atoms with Crippen LogP contribution in [0.1, 0.15) is 44.6 Å². The van der Waals surface area contributed by atoms with E-state index in [-0.39, 0.29) is 11.7 Å². The van der Waals surface area contributed by atoms with Gasteiger partial charge in [0.15, 0.2) is 0 Å². The first kappa shape index (κ1) is 20.9. The number of carbonyl (C=O) groups is 1. The maximum Gasteiger partial charge on any atom is 0.573 e. The Hall–Kier alpha value is -1.80. The van der Waals surface area contributed by atoms with Gasteiger partial charge in [0.2, 0.25) is 5.91 Å². The minimum absolute atomic E-state index is 0.247. The van der Waals surface area contributed by atoms with Crippen molar-refractivity contribution in [3.63, 3.8) is 0 Å². The molecule has 1 saturated heterocycles. The van der Waals surface area contributed by atoms with E-state index in [2.05, 4.69) is 10.1 Å². The number of nitrogens with zero attached hydrogens (tertiary/aromatic N) is 1. The first-order chi connectivity index (χ1) is 13.0. The molecule has 2 aliphatic rings. The number of alkyl halides is 3. The molecular weight excluding hydrogens is 373 g/mol. The van der Waals surface area contributed by atoms with E-state index in [4.69, 9.17) is 0 Å². The summed E-state index contributed by atoms with van der Waals surface area (Å²) in [5, 5.41) is 14.8. The fourth-order valence-corrected chi connectivity index (χ4v) is 4.47. The minimum Gasteiger partial charge on any atom is -0.406 e. The van der Waals surface area contributed by atoms with Gasteiger partial charge in [0.1, 0.15) is 5.75 Å². The zero-order valence-electron chi connectivity index (χ0n) is 16.2. The number of aliphatic hydroxyl groups is 1. The summed E-state index contributed by atoms with van der Waals surface area (Å²) in [5.74, 6) is -1.58. The van der Waals surface area contributed by atoms with Crippen molar-refractivity contribution in [2.75, 3.05) is 26.2 Å². The van der Waals surface area contributed by atoms with Gasteiger partial charge in [-0.3, -0.25) is 4.79 Å². The molecule has 1 saturated carbocycles. The largest absolute Gasteiger partial charge is 0.573 e. The van der Waals surface area contributed by atoms with Crippen LogP contribution in [0.15, 0.2) is 24.3 Å². The van der Waals surface area contributed by atoms with Crippen LogP contribution in [0.2, 0.25) is 0 Å². The summed E-state index contributed by atoms with van der Waals surface area (Å²) in [6.45, 7) is 6.13. The molecule has 5 nitrogen and oxygen atoms in total. The molecule has 0 bridgehead atoms. The van der Waals surface area contributed by atoms with Crippen LogP contribution in [-0.4, -0.2) is 54.1 Å². The van der Waals surface area contributed by atoms with Gasteiger partial charge in [-0.2, -0.15) is 0 Å². The van der Waals surface area contributed by atoms with Crippen molar-refractivity contribution in [1.82, 2.24) is 10.2 Å². The van der Waals surface area contributed by atoms with Gasteiger partial charge in [0, 0.05) is 26.2 Å². The topological polar surface area (TPSA) is 61.8 Å². The van der Waals surface area contributed by atoms with Gasteiger partial charge >= 0.3 is 6.36 Å². The van der Waals surface area contributed by atoms with Crippen molar-refractivity contribution in [3.8, 4) is 5.75 Å². The van der Waals surface area contributed by atoms with Gasteiger partial charge in [-0.1, -0.05) is 26.0 Å². The van der Waals surface area contributed by atoms with Crippen molar-refractivity contribution >= 4 is 5.91 Å². The van der Waals surface area contributed by atoms with Crippen LogP contribution in [0.4, 0.5) is 13.2 Å². The third kappa shape index (κ3) is 4.12. The Morgan fingerprint density at radius 2 is 1.93 bits per heavy atom. The number of hydrogen-bond acceptors (Lipinski definition) is 4. The second-order valence-electron chi connectivity index (χ2n) is 8.29. The number of amides is 1. The van der Waals surface area contributed by atoms with Gasteiger partial charge < -0.3 is 20.1 Å². The van der Waals surface area contributed by atoms with Gasteiger partial charge in [-0.15, -0.1) is 13.2 Å². The number of halogens is 3. The van der Waals surface area contributed by atoms with E-state index in [0.29, 0.717) is 38.2 Å². The van der Waals surface area contributed by atoms with Crippen molar-refractivity contribution in [3.05, 3.63) is 29.8 Å². The third-order valence-corrected chi connectivity index (χ3v) is 6.11. The third-order valence-electron chi connectivity index (χ3n) is 6.11. The monoisotopic (exact) mass is 400 g/mol. The van der Waals surface area contributed by atoms with E-state index in [9.17, 15) is 23.1 Å². The second kappa shape index (κ2) is 7.55. The molecule has 1 aliphatic carbocycles. The standard InChI is InChI=1S/C20H27F3N2O3/c1-18(2)7-4-8-19(18,27)16(17(26)25-11-9-24-10-12-25)14-5-3-6-15(13-14)28-20(21,22)23/h3,5-6,13,16,24,27H,4,7-12H2,1-2H3. The predicted octanol–water partition coefficient (Wildman–Crippen LogP) is 3.04. The fraction of sp³-hybridized carbons (Fsp3) is 0.650. The lowest BCUT2D eigenvalue weighted by Gasteiger charge is -2.44. The van der Waals surface area contributed by atoms with Crippen LogP contribution >= 0.6 is 0 Å². The smallest absolute Gasteiger partial charge is 0.406 e. The average molecular weight is 400 g/mol. The Balaban J connectivity index is 2.01.